The minimum Gasteiger partial charge on any atom is -0.378 e. The molecule has 3 rings (SSSR count). The van der Waals surface area contributed by atoms with Crippen molar-refractivity contribution in [2.24, 2.45) is 0 Å². The smallest absolute Gasteiger partial charge is 0.245 e. The highest BCUT2D eigenvalue weighted by molar-refractivity contribution is 7.89. The third-order valence-corrected chi connectivity index (χ3v) is 6.99. The van der Waals surface area contributed by atoms with Crippen LogP contribution < -0.4 is 4.90 Å². The minimum absolute atomic E-state index is 0.143. The van der Waals surface area contributed by atoms with E-state index in [2.05, 4.69) is 0 Å². The van der Waals surface area contributed by atoms with Gasteiger partial charge >= 0.3 is 0 Å². The summed E-state index contributed by atoms with van der Waals surface area (Å²) in [7, 11) is 0.145. The standard InChI is InChI=1S/C21H27N3O3S/c1-15-6-12-20(13-7-15)28(26,27)23-14-16(2)24(17(3)25)21(23)18-8-10-19(11-9-18)22(4)5/h6-13,16,21H,14H2,1-5H3/t16-,21+/m1/s1. The van der Waals surface area contributed by atoms with E-state index in [-0.39, 0.29) is 23.4 Å². The van der Waals surface area contributed by atoms with Gasteiger partial charge in [-0.05, 0) is 43.7 Å². The second-order valence-corrected chi connectivity index (χ2v) is 9.41. The van der Waals surface area contributed by atoms with Crippen molar-refractivity contribution in [2.75, 3.05) is 25.5 Å². The highest BCUT2D eigenvalue weighted by Crippen LogP contribution is 2.38. The lowest BCUT2D eigenvalue weighted by Crippen LogP contribution is -2.38. The largest absolute Gasteiger partial charge is 0.378 e. The lowest BCUT2D eigenvalue weighted by Gasteiger charge is -2.31. The first-order valence-electron chi connectivity index (χ1n) is 9.27. The Labute approximate surface area is 167 Å². The minimum atomic E-state index is -3.75. The number of amides is 1. The zero-order valence-electron chi connectivity index (χ0n) is 17.0. The number of nitrogens with zero attached hydrogens (tertiary/aromatic N) is 3. The second-order valence-electron chi connectivity index (χ2n) is 7.52. The lowest BCUT2D eigenvalue weighted by atomic mass is 10.1. The lowest BCUT2D eigenvalue weighted by molar-refractivity contribution is -0.132. The highest BCUT2D eigenvalue weighted by atomic mass is 32.2. The molecule has 2 aromatic rings. The number of carbonyl (C=O) groups is 1. The van der Waals surface area contributed by atoms with E-state index in [9.17, 15) is 13.2 Å². The van der Waals surface area contributed by atoms with Crippen molar-refractivity contribution in [1.29, 1.82) is 0 Å². The topological polar surface area (TPSA) is 60.9 Å². The van der Waals surface area contributed by atoms with E-state index in [1.165, 1.54) is 11.2 Å². The zero-order valence-corrected chi connectivity index (χ0v) is 17.8. The molecule has 0 N–H and O–H groups in total. The quantitative estimate of drug-likeness (QED) is 0.790. The van der Waals surface area contributed by atoms with Crippen molar-refractivity contribution in [1.82, 2.24) is 9.21 Å². The predicted molar refractivity (Wildman–Crippen MR) is 111 cm³/mol. The summed E-state index contributed by atoms with van der Waals surface area (Å²) in [4.78, 5) is 16.2. The molecule has 0 aliphatic carbocycles. The molecule has 1 aliphatic rings. The average Bonchev–Trinajstić information content (AvgIpc) is 3.00. The van der Waals surface area contributed by atoms with Crippen LogP contribution in [0.25, 0.3) is 0 Å². The van der Waals surface area contributed by atoms with Crippen LogP contribution >= 0.6 is 0 Å². The normalized spacial score (nSPS) is 20.4. The molecule has 7 heteroatoms. The van der Waals surface area contributed by atoms with Gasteiger partial charge in [0.15, 0.2) is 0 Å². The monoisotopic (exact) mass is 401 g/mol. The molecule has 150 valence electrons. The molecule has 0 spiro atoms. The molecule has 2 aromatic carbocycles. The fourth-order valence-corrected chi connectivity index (χ4v) is 5.31. The van der Waals surface area contributed by atoms with Crippen molar-refractivity contribution >= 4 is 21.6 Å². The van der Waals surface area contributed by atoms with E-state index in [1.807, 2.05) is 57.1 Å². The number of hydrogen-bond donors (Lipinski definition) is 0. The van der Waals surface area contributed by atoms with Gasteiger partial charge in [0.05, 0.1) is 4.90 Å². The third-order valence-electron chi connectivity index (χ3n) is 5.15. The fraction of sp³-hybridized carbons (Fsp3) is 0.381. The molecule has 6 nitrogen and oxygen atoms in total. The predicted octanol–water partition coefficient (Wildman–Crippen LogP) is 3.00. The maximum Gasteiger partial charge on any atom is 0.245 e. The van der Waals surface area contributed by atoms with Gasteiger partial charge in [0.1, 0.15) is 6.17 Å². The van der Waals surface area contributed by atoms with E-state index < -0.39 is 16.2 Å². The van der Waals surface area contributed by atoms with Gasteiger partial charge in [-0.25, -0.2) is 8.42 Å². The number of hydrogen-bond acceptors (Lipinski definition) is 4. The van der Waals surface area contributed by atoms with Crippen LogP contribution in [0.15, 0.2) is 53.4 Å². The Hall–Kier alpha value is -2.38. The molecule has 0 radical (unpaired) electrons. The van der Waals surface area contributed by atoms with Crippen LogP contribution in [0.3, 0.4) is 0 Å². The molecule has 1 saturated heterocycles. The Morgan fingerprint density at radius 1 is 1.04 bits per heavy atom. The molecule has 28 heavy (non-hydrogen) atoms. The zero-order chi connectivity index (χ0) is 20.6. The number of rotatable bonds is 4. The number of anilines is 1. The molecule has 1 heterocycles. The second kappa shape index (κ2) is 7.56. The van der Waals surface area contributed by atoms with Gasteiger partial charge in [0.25, 0.3) is 0 Å². The van der Waals surface area contributed by atoms with Crippen molar-refractivity contribution in [3.8, 4) is 0 Å². The third kappa shape index (κ3) is 3.64. The van der Waals surface area contributed by atoms with Gasteiger partial charge in [-0.3, -0.25) is 4.79 Å². The molecule has 0 bridgehead atoms. The first-order valence-corrected chi connectivity index (χ1v) is 10.7. The molecule has 0 aromatic heterocycles. The summed E-state index contributed by atoms with van der Waals surface area (Å²) >= 11 is 0. The summed E-state index contributed by atoms with van der Waals surface area (Å²) in [6.45, 7) is 5.55. The number of carbonyl (C=O) groups excluding carboxylic acids is 1. The van der Waals surface area contributed by atoms with Crippen LogP contribution in [0, 0.1) is 6.92 Å². The van der Waals surface area contributed by atoms with Crippen LogP contribution in [-0.2, 0) is 14.8 Å². The highest BCUT2D eigenvalue weighted by Gasteiger charge is 2.45. The Kier molecular flexibility index (Phi) is 5.50. The molecule has 0 saturated carbocycles. The Bertz CT molecular complexity index is 953. The fourth-order valence-electron chi connectivity index (χ4n) is 3.66. The number of benzene rings is 2. The first kappa shape index (κ1) is 20.4. The van der Waals surface area contributed by atoms with Crippen molar-refractivity contribution in [2.45, 2.75) is 37.9 Å². The van der Waals surface area contributed by atoms with Gasteiger partial charge in [-0.2, -0.15) is 4.31 Å². The maximum atomic E-state index is 13.4. The number of aryl methyl sites for hydroxylation is 1. The molecule has 1 fully saturated rings. The van der Waals surface area contributed by atoms with Gasteiger partial charge in [-0.15, -0.1) is 0 Å². The molecular formula is C21H27N3O3S. The summed E-state index contributed by atoms with van der Waals surface area (Å²) in [5, 5.41) is 0. The SMILES string of the molecule is CC(=O)N1[C@H](C)CN(S(=O)(=O)c2ccc(C)cc2)[C@@H]1c1ccc(N(C)C)cc1. The van der Waals surface area contributed by atoms with Crippen LogP contribution in [-0.4, -0.2) is 50.2 Å². The van der Waals surface area contributed by atoms with Crippen LogP contribution in [0.5, 0.6) is 0 Å². The summed E-state index contributed by atoms with van der Waals surface area (Å²) in [6.07, 6.45) is -0.657. The van der Waals surface area contributed by atoms with Crippen molar-refractivity contribution < 1.29 is 13.2 Å². The maximum absolute atomic E-state index is 13.4. The van der Waals surface area contributed by atoms with Crippen molar-refractivity contribution in [3.05, 3.63) is 59.7 Å². The molecule has 2 atom stereocenters. The number of sulfonamides is 1. The van der Waals surface area contributed by atoms with E-state index in [0.717, 1.165) is 16.8 Å². The molecular weight excluding hydrogens is 374 g/mol. The van der Waals surface area contributed by atoms with Gasteiger partial charge in [-0.1, -0.05) is 29.8 Å². The van der Waals surface area contributed by atoms with Crippen LogP contribution in [0.1, 0.15) is 31.1 Å². The van der Waals surface area contributed by atoms with Gasteiger partial charge in [0, 0.05) is 39.3 Å². The summed E-state index contributed by atoms with van der Waals surface area (Å²) in [5.74, 6) is -0.143. The molecule has 1 amide bonds. The van der Waals surface area contributed by atoms with Gasteiger partial charge in [0.2, 0.25) is 15.9 Å². The van der Waals surface area contributed by atoms with Crippen LogP contribution in [0.2, 0.25) is 0 Å². The Morgan fingerprint density at radius 2 is 1.61 bits per heavy atom. The molecule has 0 unspecified atom stereocenters. The van der Waals surface area contributed by atoms with E-state index in [4.69, 9.17) is 0 Å². The summed E-state index contributed by atoms with van der Waals surface area (Å²) in [5.41, 5.74) is 2.79. The molecule has 1 aliphatic heterocycles. The van der Waals surface area contributed by atoms with E-state index in [1.54, 1.807) is 29.2 Å². The summed E-state index contributed by atoms with van der Waals surface area (Å²) < 4.78 is 28.2. The Morgan fingerprint density at radius 3 is 2.11 bits per heavy atom. The first-order chi connectivity index (χ1) is 13.1. The van der Waals surface area contributed by atoms with Crippen molar-refractivity contribution in [3.63, 3.8) is 0 Å². The van der Waals surface area contributed by atoms with Gasteiger partial charge < -0.3 is 9.80 Å². The Balaban J connectivity index is 2.08. The summed E-state index contributed by atoms with van der Waals surface area (Å²) in [6, 6.07) is 14.3. The van der Waals surface area contributed by atoms with E-state index >= 15 is 0 Å². The average molecular weight is 402 g/mol. The van der Waals surface area contributed by atoms with E-state index in [0.29, 0.717) is 0 Å². The van der Waals surface area contributed by atoms with Crippen LogP contribution in [0.4, 0.5) is 5.69 Å².